The summed E-state index contributed by atoms with van der Waals surface area (Å²) >= 11 is 5.94. The first kappa shape index (κ1) is 21.2. The predicted octanol–water partition coefficient (Wildman–Crippen LogP) is 3.66. The molecule has 0 saturated carbocycles. The van der Waals surface area contributed by atoms with Crippen LogP contribution in [0, 0.1) is 0 Å². The van der Waals surface area contributed by atoms with Crippen molar-refractivity contribution in [2.45, 2.75) is 13.5 Å². The number of nitrogens with one attached hydrogen (secondary N) is 1. The van der Waals surface area contributed by atoms with Crippen molar-refractivity contribution < 1.29 is 4.79 Å². The molecule has 3 rings (SSSR count). The largest absolute Gasteiger partial charge is 0.297 e. The number of allylic oxidation sites excluding steroid dienone is 1. The van der Waals surface area contributed by atoms with Crippen molar-refractivity contribution in [3.05, 3.63) is 76.3 Å². The molecule has 0 unspecified atom stereocenters. The molecule has 0 atom stereocenters. The van der Waals surface area contributed by atoms with Gasteiger partial charge in [0.05, 0.1) is 12.8 Å². The minimum atomic E-state index is -0.0834. The lowest BCUT2D eigenvalue weighted by Gasteiger charge is -2.34. The number of carbonyl (C=O) groups excluding carboxylic acids is 1. The van der Waals surface area contributed by atoms with Crippen LogP contribution in [0.2, 0.25) is 5.02 Å². The number of hydrazone groups is 1. The molecule has 1 saturated heterocycles. The minimum absolute atomic E-state index is 0.0834. The lowest BCUT2D eigenvalue weighted by Crippen LogP contribution is -2.48. The summed E-state index contributed by atoms with van der Waals surface area (Å²) in [7, 11) is 0. The van der Waals surface area contributed by atoms with Crippen LogP contribution in [0.5, 0.6) is 0 Å². The van der Waals surface area contributed by atoms with Crippen molar-refractivity contribution in [3.63, 3.8) is 0 Å². The zero-order valence-electron chi connectivity index (χ0n) is 16.7. The minimum Gasteiger partial charge on any atom is -0.297 e. The normalized spacial score (nSPS) is 16.3. The lowest BCUT2D eigenvalue weighted by atomic mass is 10.1. The van der Waals surface area contributed by atoms with Crippen LogP contribution in [0.15, 0.2) is 65.3 Å². The molecule has 2 aromatic rings. The molecule has 0 spiro atoms. The highest BCUT2D eigenvalue weighted by Gasteiger charge is 2.18. The quantitative estimate of drug-likeness (QED) is 0.559. The maximum absolute atomic E-state index is 12.1. The van der Waals surface area contributed by atoms with Crippen molar-refractivity contribution in [2.75, 3.05) is 32.7 Å². The van der Waals surface area contributed by atoms with Gasteiger partial charge in [0, 0.05) is 37.7 Å². The molecule has 1 fully saturated rings. The molecule has 1 aliphatic heterocycles. The molecule has 0 bridgehead atoms. The van der Waals surface area contributed by atoms with E-state index in [1.807, 2.05) is 55.5 Å². The number of halogens is 1. The Morgan fingerprint density at radius 3 is 2.38 bits per heavy atom. The number of amides is 1. The Morgan fingerprint density at radius 1 is 1.03 bits per heavy atom. The number of benzene rings is 2. The van der Waals surface area contributed by atoms with Crippen LogP contribution in [0.3, 0.4) is 0 Å². The van der Waals surface area contributed by atoms with E-state index >= 15 is 0 Å². The molecule has 1 N–H and O–H groups in total. The van der Waals surface area contributed by atoms with Gasteiger partial charge in [0.2, 0.25) is 0 Å². The van der Waals surface area contributed by atoms with E-state index in [4.69, 9.17) is 11.6 Å². The first-order chi connectivity index (χ1) is 14.1. The third kappa shape index (κ3) is 7.46. The third-order valence-electron chi connectivity index (χ3n) is 4.80. The summed E-state index contributed by atoms with van der Waals surface area (Å²) < 4.78 is 0. The Balaban J connectivity index is 1.37. The van der Waals surface area contributed by atoms with Gasteiger partial charge in [-0.05, 0) is 35.8 Å². The molecule has 152 valence electrons. The summed E-state index contributed by atoms with van der Waals surface area (Å²) in [6.07, 6.45) is 3.70. The van der Waals surface area contributed by atoms with E-state index in [1.54, 1.807) is 6.21 Å². The average Bonchev–Trinajstić information content (AvgIpc) is 2.72. The van der Waals surface area contributed by atoms with Crippen LogP contribution in [-0.2, 0) is 11.3 Å². The maximum atomic E-state index is 12.1. The number of hydrogen-bond donors (Lipinski definition) is 1. The topological polar surface area (TPSA) is 47.9 Å². The summed E-state index contributed by atoms with van der Waals surface area (Å²) in [5, 5.41) is 4.83. The molecule has 1 aliphatic rings. The Bertz CT molecular complexity index is 841. The number of nitrogens with zero attached hydrogens (tertiary/aromatic N) is 3. The zero-order chi connectivity index (χ0) is 20.5. The van der Waals surface area contributed by atoms with Crippen LogP contribution >= 0.6 is 11.6 Å². The monoisotopic (exact) mass is 410 g/mol. The van der Waals surface area contributed by atoms with Gasteiger partial charge in [-0.15, -0.1) is 0 Å². The van der Waals surface area contributed by atoms with Crippen LogP contribution in [0.1, 0.15) is 18.1 Å². The van der Waals surface area contributed by atoms with E-state index in [2.05, 4.69) is 32.5 Å². The standard InChI is InChI=1S/C23H27ClN4O/c1-19(15-20-5-3-2-4-6-20)16-25-26-23(29)18-28-13-11-27(12-14-28)17-21-7-9-22(24)10-8-21/h2-10,15-16H,11-14,17-18H2,1H3,(H,26,29)/b19-15+,25-16-. The maximum Gasteiger partial charge on any atom is 0.254 e. The number of hydrogen-bond acceptors (Lipinski definition) is 4. The summed E-state index contributed by atoms with van der Waals surface area (Å²) in [5.74, 6) is -0.0834. The molecule has 2 aromatic carbocycles. The molecule has 29 heavy (non-hydrogen) atoms. The van der Waals surface area contributed by atoms with Gasteiger partial charge in [0.1, 0.15) is 0 Å². The van der Waals surface area contributed by atoms with E-state index in [-0.39, 0.29) is 5.91 Å². The molecule has 0 aromatic heterocycles. The molecule has 6 heteroatoms. The number of carbonyl (C=O) groups is 1. The van der Waals surface area contributed by atoms with Gasteiger partial charge in [0.15, 0.2) is 0 Å². The van der Waals surface area contributed by atoms with Crippen LogP contribution < -0.4 is 5.43 Å². The van der Waals surface area contributed by atoms with Crippen LogP contribution in [0.4, 0.5) is 0 Å². The van der Waals surface area contributed by atoms with E-state index in [0.717, 1.165) is 48.9 Å². The second-order valence-electron chi connectivity index (χ2n) is 7.27. The van der Waals surface area contributed by atoms with Gasteiger partial charge in [-0.2, -0.15) is 5.10 Å². The number of piperazine rings is 1. The Hall–Kier alpha value is -2.47. The number of rotatable bonds is 7. The van der Waals surface area contributed by atoms with Crippen LogP contribution in [0.25, 0.3) is 6.08 Å². The van der Waals surface area contributed by atoms with Crippen molar-refractivity contribution in [2.24, 2.45) is 5.10 Å². The first-order valence-electron chi connectivity index (χ1n) is 9.83. The van der Waals surface area contributed by atoms with E-state index < -0.39 is 0 Å². The van der Waals surface area contributed by atoms with Gasteiger partial charge in [-0.25, -0.2) is 5.43 Å². The van der Waals surface area contributed by atoms with E-state index in [0.29, 0.717) is 6.54 Å². The fourth-order valence-corrected chi connectivity index (χ4v) is 3.37. The fourth-order valence-electron chi connectivity index (χ4n) is 3.25. The van der Waals surface area contributed by atoms with E-state index in [1.165, 1.54) is 5.56 Å². The average molecular weight is 411 g/mol. The summed E-state index contributed by atoms with van der Waals surface area (Å²) in [6.45, 7) is 6.87. The Labute approximate surface area is 177 Å². The second kappa shape index (κ2) is 10.9. The van der Waals surface area contributed by atoms with Gasteiger partial charge < -0.3 is 0 Å². The molecular formula is C23H27ClN4O. The van der Waals surface area contributed by atoms with Gasteiger partial charge in [-0.1, -0.05) is 60.1 Å². The van der Waals surface area contributed by atoms with Gasteiger partial charge in [0.25, 0.3) is 5.91 Å². The smallest absolute Gasteiger partial charge is 0.254 e. The highest BCUT2D eigenvalue weighted by atomic mass is 35.5. The Morgan fingerprint density at radius 2 is 1.69 bits per heavy atom. The Kier molecular flexibility index (Phi) is 7.99. The van der Waals surface area contributed by atoms with Gasteiger partial charge >= 0.3 is 0 Å². The molecule has 5 nitrogen and oxygen atoms in total. The van der Waals surface area contributed by atoms with Gasteiger partial charge in [-0.3, -0.25) is 14.6 Å². The molecule has 0 radical (unpaired) electrons. The third-order valence-corrected chi connectivity index (χ3v) is 5.05. The van der Waals surface area contributed by atoms with Crippen molar-refractivity contribution in [1.29, 1.82) is 0 Å². The molecular weight excluding hydrogens is 384 g/mol. The summed E-state index contributed by atoms with van der Waals surface area (Å²) in [4.78, 5) is 16.7. The van der Waals surface area contributed by atoms with Crippen molar-refractivity contribution >= 4 is 29.8 Å². The zero-order valence-corrected chi connectivity index (χ0v) is 17.5. The van der Waals surface area contributed by atoms with Crippen molar-refractivity contribution in [1.82, 2.24) is 15.2 Å². The van der Waals surface area contributed by atoms with E-state index in [9.17, 15) is 4.79 Å². The summed E-state index contributed by atoms with van der Waals surface area (Å²) in [6, 6.07) is 18.0. The molecule has 1 amide bonds. The fraction of sp³-hybridized carbons (Fsp3) is 0.304. The first-order valence-corrected chi connectivity index (χ1v) is 10.2. The highest BCUT2D eigenvalue weighted by molar-refractivity contribution is 6.30. The lowest BCUT2D eigenvalue weighted by molar-refractivity contribution is -0.122. The SMILES string of the molecule is CC(/C=N\NC(=O)CN1CCN(Cc2ccc(Cl)cc2)CC1)=C\c1ccccc1. The van der Waals surface area contributed by atoms with Crippen molar-refractivity contribution in [3.8, 4) is 0 Å². The second-order valence-corrected chi connectivity index (χ2v) is 7.71. The van der Waals surface area contributed by atoms with Crippen LogP contribution in [-0.4, -0.2) is 54.6 Å². The molecule has 1 heterocycles. The highest BCUT2D eigenvalue weighted by Crippen LogP contribution is 2.13. The molecule has 0 aliphatic carbocycles. The summed E-state index contributed by atoms with van der Waals surface area (Å²) in [5.41, 5.74) is 5.97. The predicted molar refractivity (Wildman–Crippen MR) is 120 cm³/mol.